The minimum absolute atomic E-state index is 0.0329. The van der Waals surface area contributed by atoms with Crippen molar-refractivity contribution in [2.24, 2.45) is 11.8 Å². The molecule has 2 aliphatic carbocycles. The predicted octanol–water partition coefficient (Wildman–Crippen LogP) is 2.19. The lowest BCUT2D eigenvalue weighted by molar-refractivity contribution is -0.141. The fourth-order valence-electron chi connectivity index (χ4n) is 3.58. The lowest BCUT2D eigenvalue weighted by Crippen LogP contribution is -2.43. The summed E-state index contributed by atoms with van der Waals surface area (Å²) in [5.74, 6) is 0.00126. The van der Waals surface area contributed by atoms with Gasteiger partial charge in [0.2, 0.25) is 5.78 Å². The molecule has 4 heteroatoms. The Morgan fingerprint density at radius 1 is 0.950 bits per heavy atom. The maximum atomic E-state index is 12.1. The number of carbonyl (C=O) groups is 2. The molecule has 0 bridgehead atoms. The number of Topliss-reactive ketones (excluding diaryl/α,β-unsaturated/α-hetero) is 1. The van der Waals surface area contributed by atoms with Gasteiger partial charge in [0.05, 0.1) is 0 Å². The molecule has 0 aromatic heterocycles. The molecule has 0 spiro atoms. The van der Waals surface area contributed by atoms with Crippen molar-refractivity contribution in [3.63, 3.8) is 0 Å². The molecule has 1 amide bonds. The number of amides is 1. The number of rotatable bonds is 5. The molecule has 0 saturated heterocycles. The summed E-state index contributed by atoms with van der Waals surface area (Å²) in [5.41, 5.74) is 0. The van der Waals surface area contributed by atoms with E-state index in [1.807, 2.05) is 0 Å². The van der Waals surface area contributed by atoms with Gasteiger partial charge in [0.1, 0.15) is 0 Å². The minimum atomic E-state index is -0.359. The van der Waals surface area contributed by atoms with Gasteiger partial charge in [-0.3, -0.25) is 9.59 Å². The third-order valence-corrected chi connectivity index (χ3v) is 4.92. The maximum absolute atomic E-state index is 12.1. The van der Waals surface area contributed by atoms with E-state index in [1.165, 1.54) is 6.42 Å². The Balaban J connectivity index is 1.73. The lowest BCUT2D eigenvalue weighted by Gasteiger charge is -2.29. The Morgan fingerprint density at radius 2 is 1.60 bits per heavy atom. The van der Waals surface area contributed by atoms with Gasteiger partial charge in [0.15, 0.2) is 0 Å². The van der Waals surface area contributed by atoms with Crippen LogP contribution in [0.2, 0.25) is 0 Å². The van der Waals surface area contributed by atoms with E-state index < -0.39 is 0 Å². The Morgan fingerprint density at radius 3 is 2.20 bits per heavy atom. The van der Waals surface area contributed by atoms with Gasteiger partial charge in [0.25, 0.3) is 5.91 Å². The number of hydrogen-bond acceptors (Lipinski definition) is 3. The molecular formula is C16H27NO3. The van der Waals surface area contributed by atoms with Crippen molar-refractivity contribution in [2.75, 3.05) is 6.61 Å². The number of aliphatic hydroxyl groups excluding tert-OH is 1. The fourth-order valence-corrected chi connectivity index (χ4v) is 3.58. The molecule has 0 atom stereocenters. The SMILES string of the molecule is O=C(NC1CCC(CCO)CC1)C(=O)C1CCCCC1. The van der Waals surface area contributed by atoms with Crippen molar-refractivity contribution in [3.05, 3.63) is 0 Å². The molecule has 2 saturated carbocycles. The minimum Gasteiger partial charge on any atom is -0.396 e. The second kappa shape index (κ2) is 7.77. The summed E-state index contributed by atoms with van der Waals surface area (Å²) in [4.78, 5) is 24.1. The molecule has 0 heterocycles. The number of aliphatic hydroxyl groups is 1. The van der Waals surface area contributed by atoms with Gasteiger partial charge in [-0.25, -0.2) is 0 Å². The van der Waals surface area contributed by atoms with Gasteiger partial charge >= 0.3 is 0 Å². The van der Waals surface area contributed by atoms with E-state index in [0.717, 1.165) is 57.8 Å². The fraction of sp³-hybridized carbons (Fsp3) is 0.875. The van der Waals surface area contributed by atoms with E-state index in [2.05, 4.69) is 5.32 Å². The van der Waals surface area contributed by atoms with Crippen molar-refractivity contribution in [1.29, 1.82) is 0 Å². The van der Waals surface area contributed by atoms with Crippen molar-refractivity contribution in [3.8, 4) is 0 Å². The first-order chi connectivity index (χ1) is 9.70. The summed E-state index contributed by atoms with van der Waals surface area (Å²) < 4.78 is 0. The summed E-state index contributed by atoms with van der Waals surface area (Å²) >= 11 is 0. The molecule has 4 nitrogen and oxygen atoms in total. The van der Waals surface area contributed by atoms with Crippen LogP contribution in [0.4, 0.5) is 0 Å². The number of hydrogen-bond donors (Lipinski definition) is 2. The van der Waals surface area contributed by atoms with E-state index in [0.29, 0.717) is 5.92 Å². The zero-order valence-electron chi connectivity index (χ0n) is 12.3. The van der Waals surface area contributed by atoms with Crippen LogP contribution in [0.1, 0.15) is 64.2 Å². The van der Waals surface area contributed by atoms with Crippen LogP contribution in [0, 0.1) is 11.8 Å². The maximum Gasteiger partial charge on any atom is 0.287 e. The topological polar surface area (TPSA) is 66.4 Å². The second-order valence-corrected chi connectivity index (χ2v) is 6.40. The van der Waals surface area contributed by atoms with Gasteiger partial charge in [0, 0.05) is 18.6 Å². The average molecular weight is 281 g/mol. The first kappa shape index (κ1) is 15.5. The van der Waals surface area contributed by atoms with Crippen LogP contribution < -0.4 is 5.32 Å². The number of nitrogens with one attached hydrogen (secondary N) is 1. The van der Waals surface area contributed by atoms with Gasteiger partial charge in [-0.1, -0.05) is 19.3 Å². The molecule has 0 aliphatic heterocycles. The molecule has 0 unspecified atom stereocenters. The second-order valence-electron chi connectivity index (χ2n) is 6.40. The van der Waals surface area contributed by atoms with Gasteiger partial charge in [-0.2, -0.15) is 0 Å². The molecule has 0 aromatic rings. The summed E-state index contributed by atoms with van der Waals surface area (Å²) in [6.07, 6.45) is 9.95. The monoisotopic (exact) mass is 281 g/mol. The Kier molecular flexibility index (Phi) is 6.02. The van der Waals surface area contributed by atoms with Crippen LogP contribution in [-0.2, 0) is 9.59 Å². The standard InChI is InChI=1S/C16H27NO3/c18-11-10-12-6-8-14(9-7-12)17-16(20)15(19)13-4-2-1-3-5-13/h12-14,18H,1-11H2,(H,17,20). The third-order valence-electron chi connectivity index (χ3n) is 4.92. The molecule has 2 aliphatic rings. The smallest absolute Gasteiger partial charge is 0.287 e. The van der Waals surface area contributed by atoms with Crippen molar-refractivity contribution in [2.45, 2.75) is 70.3 Å². The van der Waals surface area contributed by atoms with E-state index in [4.69, 9.17) is 5.11 Å². The van der Waals surface area contributed by atoms with Crippen LogP contribution in [0.25, 0.3) is 0 Å². The van der Waals surface area contributed by atoms with E-state index in [-0.39, 0.29) is 30.3 Å². The first-order valence-electron chi connectivity index (χ1n) is 8.16. The lowest BCUT2D eigenvalue weighted by atomic mass is 9.83. The molecule has 0 radical (unpaired) electrons. The number of ketones is 1. The van der Waals surface area contributed by atoms with Crippen LogP contribution in [0.15, 0.2) is 0 Å². The van der Waals surface area contributed by atoms with E-state index >= 15 is 0 Å². The van der Waals surface area contributed by atoms with E-state index in [9.17, 15) is 9.59 Å². The largest absolute Gasteiger partial charge is 0.396 e. The first-order valence-corrected chi connectivity index (χ1v) is 8.16. The summed E-state index contributed by atoms with van der Waals surface area (Å²) in [6.45, 7) is 0.252. The van der Waals surface area contributed by atoms with Gasteiger partial charge in [-0.15, -0.1) is 0 Å². The zero-order valence-corrected chi connectivity index (χ0v) is 12.3. The highest BCUT2D eigenvalue weighted by Crippen LogP contribution is 2.27. The molecule has 20 heavy (non-hydrogen) atoms. The van der Waals surface area contributed by atoms with Crippen LogP contribution in [0.3, 0.4) is 0 Å². The molecule has 2 N–H and O–H groups in total. The van der Waals surface area contributed by atoms with Crippen molar-refractivity contribution < 1.29 is 14.7 Å². The molecular weight excluding hydrogens is 254 g/mol. The molecule has 2 rings (SSSR count). The van der Waals surface area contributed by atoms with Crippen LogP contribution >= 0.6 is 0 Å². The van der Waals surface area contributed by atoms with Crippen molar-refractivity contribution >= 4 is 11.7 Å². The predicted molar refractivity (Wildman–Crippen MR) is 77.2 cm³/mol. The highest BCUT2D eigenvalue weighted by Gasteiger charge is 2.29. The normalized spacial score (nSPS) is 28.1. The number of carbonyl (C=O) groups excluding carboxylic acids is 2. The van der Waals surface area contributed by atoms with Crippen molar-refractivity contribution in [1.82, 2.24) is 5.32 Å². The zero-order chi connectivity index (χ0) is 14.4. The Bertz CT molecular complexity index is 329. The average Bonchev–Trinajstić information content (AvgIpc) is 2.49. The van der Waals surface area contributed by atoms with Gasteiger partial charge < -0.3 is 10.4 Å². The molecule has 2 fully saturated rings. The van der Waals surface area contributed by atoms with Gasteiger partial charge in [-0.05, 0) is 50.9 Å². The summed E-state index contributed by atoms with van der Waals surface area (Å²) in [5, 5.41) is 11.9. The molecule has 114 valence electrons. The van der Waals surface area contributed by atoms with E-state index in [1.54, 1.807) is 0 Å². The van der Waals surface area contributed by atoms with Crippen LogP contribution in [-0.4, -0.2) is 29.4 Å². The highest BCUT2D eigenvalue weighted by molar-refractivity contribution is 6.37. The summed E-state index contributed by atoms with van der Waals surface area (Å²) in [6, 6.07) is 0.157. The Hall–Kier alpha value is -0.900. The van der Waals surface area contributed by atoms with Crippen LogP contribution in [0.5, 0.6) is 0 Å². The highest BCUT2D eigenvalue weighted by atomic mass is 16.3. The summed E-state index contributed by atoms with van der Waals surface area (Å²) in [7, 11) is 0. The third kappa shape index (κ3) is 4.30. The Labute approximate surface area is 121 Å². The quantitative estimate of drug-likeness (QED) is 0.759. The molecule has 0 aromatic carbocycles.